The summed E-state index contributed by atoms with van der Waals surface area (Å²) in [6, 6.07) is 15.0. The Kier molecular flexibility index (Phi) is 10.7. The lowest BCUT2D eigenvalue weighted by Gasteiger charge is -2.29. The molecule has 0 aromatic heterocycles. The van der Waals surface area contributed by atoms with Crippen LogP contribution in [0.3, 0.4) is 0 Å². The lowest BCUT2D eigenvalue weighted by atomic mass is 10.0. The maximum atomic E-state index is 13.4. The first kappa shape index (κ1) is 29.4. The molecule has 0 unspecified atom stereocenters. The van der Waals surface area contributed by atoms with Crippen molar-refractivity contribution >= 4 is 40.3 Å². The fourth-order valence-electron chi connectivity index (χ4n) is 5.36. The summed E-state index contributed by atoms with van der Waals surface area (Å²) in [5.41, 5.74) is 1.83. The Balaban J connectivity index is 1.42. The van der Waals surface area contributed by atoms with Crippen LogP contribution in [-0.4, -0.2) is 76.4 Å². The van der Waals surface area contributed by atoms with E-state index >= 15 is 0 Å². The number of nitrogens with one attached hydrogen (secondary N) is 3. The number of carbonyl (C=O) groups excluding carboxylic acids is 3. The van der Waals surface area contributed by atoms with Crippen molar-refractivity contribution < 1.29 is 24.6 Å². The second kappa shape index (κ2) is 14.2. The molecule has 5 N–H and O–H groups in total. The third kappa shape index (κ3) is 8.47. The Morgan fingerprint density at radius 1 is 0.949 bits per heavy atom. The van der Waals surface area contributed by atoms with E-state index < -0.39 is 30.3 Å². The van der Waals surface area contributed by atoms with E-state index in [4.69, 9.17) is 0 Å². The highest BCUT2D eigenvalue weighted by atomic mass is 127. The molecule has 0 radical (unpaired) electrons. The molecular weight excluding hydrogens is 611 g/mol. The fraction of sp³-hybridized carbons (Fsp3) is 0.483. The average Bonchev–Trinajstić information content (AvgIpc) is 3.62. The van der Waals surface area contributed by atoms with Crippen molar-refractivity contribution in [2.24, 2.45) is 0 Å². The minimum atomic E-state index is -1.74. The molecule has 0 bridgehead atoms. The highest BCUT2D eigenvalue weighted by molar-refractivity contribution is 14.1. The zero-order valence-corrected chi connectivity index (χ0v) is 24.0. The van der Waals surface area contributed by atoms with Crippen LogP contribution in [-0.2, 0) is 27.2 Å². The summed E-state index contributed by atoms with van der Waals surface area (Å²) in [6.45, 7) is 1.36. The minimum absolute atomic E-state index is 0.0297. The molecule has 2 saturated heterocycles. The van der Waals surface area contributed by atoms with Crippen molar-refractivity contribution in [3.63, 3.8) is 0 Å². The van der Waals surface area contributed by atoms with Gasteiger partial charge in [-0.2, -0.15) is 0 Å². The highest BCUT2D eigenvalue weighted by Crippen LogP contribution is 2.21. The summed E-state index contributed by atoms with van der Waals surface area (Å²) >= 11 is 2.20. The van der Waals surface area contributed by atoms with Crippen molar-refractivity contribution in [3.05, 3.63) is 69.3 Å². The number of amides is 3. The molecule has 0 spiro atoms. The number of aliphatic hydroxyl groups excluding tert-OH is 1. The van der Waals surface area contributed by atoms with Gasteiger partial charge in [0.25, 0.3) is 0 Å². The SMILES string of the molecule is O=C(C[C@H](Cc1ccccc1)NC(=O)[C@@H]1CCCN1C(=O)[C@@H]1CCCN1)N[C@@H](Cc1ccc(I)cc1)C(O)O. The summed E-state index contributed by atoms with van der Waals surface area (Å²) in [7, 11) is 0. The van der Waals surface area contributed by atoms with Gasteiger partial charge in [-0.1, -0.05) is 42.5 Å². The lowest BCUT2D eigenvalue weighted by molar-refractivity contribution is -0.140. The van der Waals surface area contributed by atoms with Crippen LogP contribution in [0.25, 0.3) is 0 Å². The Hall–Kier alpha value is -2.54. The zero-order valence-electron chi connectivity index (χ0n) is 21.9. The summed E-state index contributed by atoms with van der Waals surface area (Å²) in [5.74, 6) is -0.683. The number of carbonyl (C=O) groups is 3. The van der Waals surface area contributed by atoms with E-state index in [1.165, 1.54) is 0 Å². The normalized spacial score (nSPS) is 20.6. The predicted molar refractivity (Wildman–Crippen MR) is 155 cm³/mol. The van der Waals surface area contributed by atoms with Crippen LogP contribution in [0.5, 0.6) is 0 Å². The Morgan fingerprint density at radius 3 is 2.33 bits per heavy atom. The maximum absolute atomic E-state index is 13.4. The molecule has 2 aromatic carbocycles. The van der Waals surface area contributed by atoms with Crippen LogP contribution in [0.2, 0.25) is 0 Å². The summed E-state index contributed by atoms with van der Waals surface area (Å²) in [6.07, 6.45) is 1.97. The van der Waals surface area contributed by atoms with Gasteiger partial charge in [0.2, 0.25) is 17.7 Å². The number of hydrogen-bond donors (Lipinski definition) is 5. The number of aliphatic hydroxyl groups is 2. The number of halogens is 1. The number of hydrogen-bond acceptors (Lipinski definition) is 6. The quantitative estimate of drug-likeness (QED) is 0.186. The second-order valence-corrected chi connectivity index (χ2v) is 11.6. The van der Waals surface area contributed by atoms with Crippen LogP contribution in [0.1, 0.15) is 43.2 Å². The molecular formula is C29H37IN4O5. The van der Waals surface area contributed by atoms with E-state index in [9.17, 15) is 24.6 Å². The Morgan fingerprint density at radius 2 is 1.67 bits per heavy atom. The average molecular weight is 649 g/mol. The van der Waals surface area contributed by atoms with Gasteiger partial charge in [-0.25, -0.2) is 0 Å². The predicted octanol–water partition coefficient (Wildman–Crippen LogP) is 1.49. The molecule has 4 rings (SSSR count). The molecule has 0 aliphatic carbocycles. The molecule has 9 nitrogen and oxygen atoms in total. The molecule has 3 amide bonds. The maximum Gasteiger partial charge on any atom is 0.243 e. The van der Waals surface area contributed by atoms with Gasteiger partial charge in [-0.05, 0) is 90.9 Å². The van der Waals surface area contributed by atoms with Crippen LogP contribution >= 0.6 is 22.6 Å². The number of benzene rings is 2. The van der Waals surface area contributed by atoms with Crippen molar-refractivity contribution in [2.75, 3.05) is 13.1 Å². The second-order valence-electron chi connectivity index (χ2n) is 10.4. The molecule has 2 aliphatic heterocycles. The summed E-state index contributed by atoms with van der Waals surface area (Å²) in [5, 5.41) is 28.9. The first-order valence-corrected chi connectivity index (χ1v) is 14.7. The fourth-order valence-corrected chi connectivity index (χ4v) is 5.72. The number of rotatable bonds is 11. The van der Waals surface area contributed by atoms with E-state index in [0.29, 0.717) is 19.4 Å². The first-order chi connectivity index (χ1) is 18.8. The molecule has 2 heterocycles. The summed E-state index contributed by atoms with van der Waals surface area (Å²) < 4.78 is 1.06. The standard InChI is InChI=1S/C29H37IN4O5/c30-21-12-10-20(11-13-21)17-24(29(38)39)33-26(35)18-22(16-19-6-2-1-3-7-19)32-27(36)25-9-5-15-34(25)28(37)23-8-4-14-31-23/h1-3,6-7,10-13,22-25,29,31,38-39H,4-5,8-9,14-18H2,(H,32,36)(H,33,35)/t22-,23-,24-,25-/m0/s1. The van der Waals surface area contributed by atoms with E-state index in [0.717, 1.165) is 40.5 Å². The number of likely N-dealkylation sites (tertiary alicyclic amines) is 1. The van der Waals surface area contributed by atoms with Gasteiger partial charge in [0.1, 0.15) is 6.04 Å². The van der Waals surface area contributed by atoms with Gasteiger partial charge in [0.15, 0.2) is 6.29 Å². The van der Waals surface area contributed by atoms with Crippen molar-refractivity contribution in [2.45, 2.75) is 75.4 Å². The third-order valence-electron chi connectivity index (χ3n) is 7.38. The highest BCUT2D eigenvalue weighted by Gasteiger charge is 2.38. The third-order valence-corrected chi connectivity index (χ3v) is 8.09. The van der Waals surface area contributed by atoms with Crippen LogP contribution in [0.15, 0.2) is 54.6 Å². The van der Waals surface area contributed by atoms with Crippen molar-refractivity contribution in [1.29, 1.82) is 0 Å². The molecule has 210 valence electrons. The monoisotopic (exact) mass is 648 g/mol. The zero-order chi connectivity index (χ0) is 27.8. The summed E-state index contributed by atoms with van der Waals surface area (Å²) in [4.78, 5) is 41.2. The Bertz CT molecular complexity index is 1110. The van der Waals surface area contributed by atoms with Gasteiger partial charge >= 0.3 is 0 Å². The molecule has 39 heavy (non-hydrogen) atoms. The smallest absolute Gasteiger partial charge is 0.243 e. The number of nitrogens with zero attached hydrogens (tertiary/aromatic N) is 1. The van der Waals surface area contributed by atoms with Crippen LogP contribution < -0.4 is 16.0 Å². The van der Waals surface area contributed by atoms with E-state index in [2.05, 4.69) is 38.5 Å². The van der Waals surface area contributed by atoms with Crippen molar-refractivity contribution in [1.82, 2.24) is 20.9 Å². The topological polar surface area (TPSA) is 131 Å². The molecule has 2 aliphatic rings. The molecule has 2 aromatic rings. The first-order valence-electron chi connectivity index (χ1n) is 13.6. The van der Waals surface area contributed by atoms with Crippen LogP contribution in [0, 0.1) is 3.57 Å². The molecule has 10 heteroatoms. The minimum Gasteiger partial charge on any atom is -0.366 e. The van der Waals surface area contributed by atoms with E-state index in [1.807, 2.05) is 54.6 Å². The van der Waals surface area contributed by atoms with Gasteiger partial charge < -0.3 is 31.1 Å². The van der Waals surface area contributed by atoms with Gasteiger partial charge in [0, 0.05) is 22.6 Å². The van der Waals surface area contributed by atoms with Crippen molar-refractivity contribution in [3.8, 4) is 0 Å². The van der Waals surface area contributed by atoms with Gasteiger partial charge in [-0.3, -0.25) is 14.4 Å². The Labute approximate surface area is 242 Å². The van der Waals surface area contributed by atoms with E-state index in [1.54, 1.807) is 4.90 Å². The molecule has 2 fully saturated rings. The molecule has 4 atom stereocenters. The van der Waals surface area contributed by atoms with E-state index in [-0.39, 0.29) is 30.7 Å². The van der Waals surface area contributed by atoms with Gasteiger partial charge in [-0.15, -0.1) is 0 Å². The lowest BCUT2D eigenvalue weighted by Crippen LogP contribution is -2.53. The largest absolute Gasteiger partial charge is 0.366 e. The molecule has 0 saturated carbocycles. The van der Waals surface area contributed by atoms with Crippen LogP contribution in [0.4, 0.5) is 0 Å². The van der Waals surface area contributed by atoms with Gasteiger partial charge in [0.05, 0.1) is 12.1 Å².